The second-order valence-electron chi connectivity index (χ2n) is 1.21. The van der Waals surface area contributed by atoms with Crippen LogP contribution in [0.3, 0.4) is 0 Å². The van der Waals surface area contributed by atoms with Gasteiger partial charge in [-0.3, -0.25) is 0 Å². The number of nitrogens with one attached hydrogen (secondary N) is 1. The predicted molar refractivity (Wildman–Crippen MR) is 28.5 cm³/mol. The van der Waals surface area contributed by atoms with E-state index in [1.165, 1.54) is 12.4 Å². The summed E-state index contributed by atoms with van der Waals surface area (Å²) in [5.41, 5.74) is 0. The minimum atomic E-state index is -2.31. The first-order valence-corrected chi connectivity index (χ1v) is 3.16. The highest BCUT2D eigenvalue weighted by molar-refractivity contribution is 7.63. The van der Waals surface area contributed by atoms with Crippen molar-refractivity contribution in [3.8, 4) is 0 Å². The van der Waals surface area contributed by atoms with Gasteiger partial charge in [0.15, 0.2) is 0 Å². The van der Waals surface area contributed by atoms with Gasteiger partial charge in [0.2, 0.25) is 0 Å². The van der Waals surface area contributed by atoms with Gasteiger partial charge in [0, 0.05) is 0 Å². The Morgan fingerprint density at radius 2 is 2.22 bits per heavy atom. The van der Waals surface area contributed by atoms with Crippen molar-refractivity contribution in [2.75, 3.05) is 0 Å². The molecule has 0 spiro atoms. The SMILES string of the molecule is O=S(=O)=c1nccn[nH]1. The van der Waals surface area contributed by atoms with Gasteiger partial charge in [-0.2, -0.15) is 13.5 Å². The molecule has 0 saturated heterocycles. The van der Waals surface area contributed by atoms with Crippen molar-refractivity contribution >= 4 is 10.3 Å². The molecule has 0 radical (unpaired) electrons. The smallest absolute Gasteiger partial charge is 0.248 e. The summed E-state index contributed by atoms with van der Waals surface area (Å²) >= 11 is 0. The molecule has 9 heavy (non-hydrogen) atoms. The van der Waals surface area contributed by atoms with Gasteiger partial charge in [-0.05, 0) is 0 Å². The molecular weight excluding hydrogens is 142 g/mol. The summed E-state index contributed by atoms with van der Waals surface area (Å²) in [6.45, 7) is 0. The monoisotopic (exact) mass is 145 g/mol. The maximum absolute atomic E-state index is 10.1. The maximum atomic E-state index is 10.1. The van der Waals surface area contributed by atoms with Crippen molar-refractivity contribution < 1.29 is 8.42 Å². The van der Waals surface area contributed by atoms with Crippen LogP contribution < -0.4 is 0 Å². The summed E-state index contributed by atoms with van der Waals surface area (Å²) in [4.78, 5) is 3.45. The van der Waals surface area contributed by atoms with Gasteiger partial charge in [0.25, 0.3) is 15.1 Å². The molecule has 0 aliphatic rings. The first-order valence-electron chi connectivity index (χ1n) is 2.08. The van der Waals surface area contributed by atoms with Crippen molar-refractivity contribution in [3.63, 3.8) is 0 Å². The van der Waals surface area contributed by atoms with Gasteiger partial charge in [0.1, 0.15) is 0 Å². The number of aromatic amines is 1. The van der Waals surface area contributed by atoms with E-state index in [9.17, 15) is 8.42 Å². The molecule has 0 aromatic carbocycles. The third-order valence-electron chi connectivity index (χ3n) is 0.651. The van der Waals surface area contributed by atoms with Crippen LogP contribution in [-0.2, 0) is 10.3 Å². The van der Waals surface area contributed by atoms with Crippen molar-refractivity contribution in [1.29, 1.82) is 0 Å². The second-order valence-corrected chi connectivity index (χ2v) is 2.06. The fourth-order valence-electron chi connectivity index (χ4n) is 0.336. The fourth-order valence-corrected chi connectivity index (χ4v) is 0.610. The van der Waals surface area contributed by atoms with Gasteiger partial charge in [-0.15, -0.1) is 0 Å². The number of hydrogen-bond acceptors (Lipinski definition) is 4. The van der Waals surface area contributed by atoms with Crippen molar-refractivity contribution in [2.45, 2.75) is 0 Å². The Bertz CT molecular complexity index is 326. The van der Waals surface area contributed by atoms with Crippen LogP contribution in [-0.4, -0.2) is 23.6 Å². The largest absolute Gasteiger partial charge is 0.270 e. The molecule has 0 atom stereocenters. The number of H-pyrrole nitrogens is 1. The van der Waals surface area contributed by atoms with Gasteiger partial charge in [-0.25, -0.2) is 10.1 Å². The molecule has 0 unspecified atom stereocenters. The van der Waals surface area contributed by atoms with E-state index < -0.39 is 10.3 Å². The molecule has 1 aromatic rings. The van der Waals surface area contributed by atoms with E-state index in [1.807, 2.05) is 0 Å². The van der Waals surface area contributed by atoms with Crippen LogP contribution in [0.5, 0.6) is 0 Å². The van der Waals surface area contributed by atoms with Gasteiger partial charge < -0.3 is 0 Å². The number of aromatic nitrogens is 3. The highest BCUT2D eigenvalue weighted by Crippen LogP contribution is 1.66. The van der Waals surface area contributed by atoms with Gasteiger partial charge >= 0.3 is 0 Å². The summed E-state index contributed by atoms with van der Waals surface area (Å²) in [6, 6.07) is 0. The van der Waals surface area contributed by atoms with E-state index in [-0.39, 0.29) is 4.77 Å². The third kappa shape index (κ3) is 1.36. The van der Waals surface area contributed by atoms with E-state index in [0.717, 1.165) is 0 Å². The summed E-state index contributed by atoms with van der Waals surface area (Å²) < 4.78 is 20.0. The first kappa shape index (κ1) is 5.96. The Balaban J connectivity index is 3.67. The highest BCUT2D eigenvalue weighted by atomic mass is 32.2. The van der Waals surface area contributed by atoms with E-state index in [0.29, 0.717) is 0 Å². The summed E-state index contributed by atoms with van der Waals surface area (Å²) in [6.07, 6.45) is 2.65. The summed E-state index contributed by atoms with van der Waals surface area (Å²) in [5, 5.41) is 5.62. The molecule has 0 bridgehead atoms. The molecule has 1 N–H and O–H groups in total. The molecule has 6 heteroatoms. The Kier molecular flexibility index (Phi) is 1.59. The van der Waals surface area contributed by atoms with E-state index in [4.69, 9.17) is 0 Å². The molecule has 5 nitrogen and oxygen atoms in total. The molecule has 1 rings (SSSR count). The number of nitrogens with zero attached hydrogens (tertiary/aromatic N) is 2. The Morgan fingerprint density at radius 3 is 2.56 bits per heavy atom. The van der Waals surface area contributed by atoms with Crippen LogP contribution in [0.4, 0.5) is 0 Å². The molecule has 0 aliphatic carbocycles. The molecule has 1 heterocycles. The van der Waals surface area contributed by atoms with Gasteiger partial charge in [-0.1, -0.05) is 0 Å². The Morgan fingerprint density at radius 1 is 1.44 bits per heavy atom. The second kappa shape index (κ2) is 2.40. The molecule has 0 aliphatic heterocycles. The quantitative estimate of drug-likeness (QED) is 0.486. The van der Waals surface area contributed by atoms with Crippen LogP contribution in [0.15, 0.2) is 12.4 Å². The van der Waals surface area contributed by atoms with E-state index >= 15 is 0 Å². The molecule has 0 fully saturated rings. The molecule has 0 saturated carbocycles. The molecule has 1 aromatic heterocycles. The van der Waals surface area contributed by atoms with Crippen LogP contribution >= 0.6 is 0 Å². The van der Waals surface area contributed by atoms with Gasteiger partial charge in [0.05, 0.1) is 12.4 Å². The van der Waals surface area contributed by atoms with Crippen LogP contribution in [0.1, 0.15) is 0 Å². The lowest BCUT2D eigenvalue weighted by atomic mass is 10.9. The zero-order valence-corrected chi connectivity index (χ0v) is 5.09. The summed E-state index contributed by atoms with van der Waals surface area (Å²) in [5.74, 6) is 0. The lowest BCUT2D eigenvalue weighted by Gasteiger charge is -1.75. The Labute approximate surface area is 51.9 Å². The predicted octanol–water partition coefficient (Wildman–Crippen LogP) is -0.784. The van der Waals surface area contributed by atoms with Crippen LogP contribution in [0.2, 0.25) is 0 Å². The van der Waals surface area contributed by atoms with E-state index in [1.54, 1.807) is 0 Å². The van der Waals surface area contributed by atoms with E-state index in [2.05, 4.69) is 15.2 Å². The van der Waals surface area contributed by atoms with Crippen LogP contribution in [0.25, 0.3) is 0 Å². The highest BCUT2D eigenvalue weighted by Gasteiger charge is 1.77. The summed E-state index contributed by atoms with van der Waals surface area (Å²) in [7, 11) is -2.31. The fraction of sp³-hybridized carbons (Fsp3) is 0. The maximum Gasteiger partial charge on any atom is 0.270 e. The standard InChI is InChI=1S/C3H3N3O2S/c7-9(8)3-4-1-2-5-6-3/h1-2,6H. The van der Waals surface area contributed by atoms with Crippen molar-refractivity contribution in [1.82, 2.24) is 15.2 Å². The molecule has 48 valence electrons. The lowest BCUT2D eigenvalue weighted by molar-refractivity contribution is 0.622. The minimum Gasteiger partial charge on any atom is -0.248 e. The third-order valence-corrected chi connectivity index (χ3v) is 1.16. The first-order chi connectivity index (χ1) is 4.30. The Hall–Kier alpha value is -1.17. The zero-order valence-electron chi connectivity index (χ0n) is 4.27. The zero-order chi connectivity index (χ0) is 6.69. The van der Waals surface area contributed by atoms with Crippen molar-refractivity contribution in [2.24, 2.45) is 0 Å². The minimum absolute atomic E-state index is 0.155. The normalized spacial score (nSPS) is 8.89. The van der Waals surface area contributed by atoms with Crippen LogP contribution in [0, 0.1) is 4.77 Å². The average Bonchev–Trinajstić information content (AvgIpc) is 1.90. The average molecular weight is 145 g/mol. The lowest BCUT2D eigenvalue weighted by Crippen LogP contribution is -1.84. The molecular formula is C3H3N3O2S. The number of hydrogen-bond donors (Lipinski definition) is 1. The topological polar surface area (TPSA) is 75.7 Å². The van der Waals surface area contributed by atoms with Crippen molar-refractivity contribution in [3.05, 3.63) is 17.2 Å². The molecule has 0 amide bonds. The number of rotatable bonds is 0.